The Morgan fingerprint density at radius 3 is 2.41 bits per heavy atom. The van der Waals surface area contributed by atoms with Crippen molar-refractivity contribution in [2.75, 3.05) is 5.75 Å². The van der Waals surface area contributed by atoms with E-state index in [9.17, 15) is 14.4 Å². The first-order valence-electron chi connectivity index (χ1n) is 10.1. The van der Waals surface area contributed by atoms with Crippen molar-refractivity contribution in [3.05, 3.63) is 73.6 Å². The average molecular weight is 466 g/mol. The standard InChI is InChI=1S/C24H23N3O3S2/c1-12-16(5)32-22-20(12)23(30)27(17-9-7-6-8-10-17)24(26-22)31-11-18(29)21-13(2)19(15(4)28)14(3)25-21/h6-10,25H,11H2,1-5H3. The molecule has 4 rings (SSSR count). The van der Waals surface area contributed by atoms with Crippen LogP contribution in [0.3, 0.4) is 0 Å². The summed E-state index contributed by atoms with van der Waals surface area (Å²) in [7, 11) is 0. The van der Waals surface area contributed by atoms with E-state index in [2.05, 4.69) is 4.98 Å². The summed E-state index contributed by atoms with van der Waals surface area (Å²) in [6.45, 7) is 8.98. The number of aromatic nitrogens is 3. The first-order chi connectivity index (χ1) is 15.2. The summed E-state index contributed by atoms with van der Waals surface area (Å²) in [5.74, 6) is -0.126. The number of nitrogens with zero attached hydrogens (tertiary/aromatic N) is 2. The van der Waals surface area contributed by atoms with E-state index in [0.29, 0.717) is 43.6 Å². The number of rotatable bonds is 6. The minimum Gasteiger partial charge on any atom is -0.355 e. The zero-order chi connectivity index (χ0) is 23.2. The summed E-state index contributed by atoms with van der Waals surface area (Å²) in [5, 5.41) is 1.09. The quantitative estimate of drug-likeness (QED) is 0.241. The second-order valence-electron chi connectivity index (χ2n) is 7.73. The van der Waals surface area contributed by atoms with E-state index >= 15 is 0 Å². The zero-order valence-electron chi connectivity index (χ0n) is 18.5. The van der Waals surface area contributed by atoms with Gasteiger partial charge in [-0.2, -0.15) is 0 Å². The topological polar surface area (TPSA) is 84.8 Å². The van der Waals surface area contributed by atoms with Crippen LogP contribution in [0.4, 0.5) is 0 Å². The van der Waals surface area contributed by atoms with Gasteiger partial charge in [-0.25, -0.2) is 4.98 Å². The van der Waals surface area contributed by atoms with Crippen molar-refractivity contribution in [1.29, 1.82) is 0 Å². The average Bonchev–Trinajstić information content (AvgIpc) is 3.21. The fourth-order valence-corrected chi connectivity index (χ4v) is 5.89. The molecule has 0 amide bonds. The molecule has 0 saturated carbocycles. The van der Waals surface area contributed by atoms with Gasteiger partial charge in [0.05, 0.1) is 22.5 Å². The highest BCUT2D eigenvalue weighted by molar-refractivity contribution is 7.99. The number of Topliss-reactive ketones (excluding diaryl/α,β-unsaturated/α-hetero) is 2. The second kappa shape index (κ2) is 8.52. The molecule has 0 saturated heterocycles. The van der Waals surface area contributed by atoms with Gasteiger partial charge in [-0.3, -0.25) is 19.0 Å². The smallest absolute Gasteiger partial charge is 0.267 e. The fraction of sp³-hybridized carbons (Fsp3) is 0.250. The van der Waals surface area contributed by atoms with Crippen LogP contribution in [0.15, 0.2) is 40.3 Å². The lowest BCUT2D eigenvalue weighted by Crippen LogP contribution is -2.22. The molecular weight excluding hydrogens is 442 g/mol. The normalized spacial score (nSPS) is 11.3. The summed E-state index contributed by atoms with van der Waals surface area (Å²) in [4.78, 5) is 47.9. The highest BCUT2D eigenvalue weighted by Crippen LogP contribution is 2.30. The van der Waals surface area contributed by atoms with Gasteiger partial charge in [0.25, 0.3) is 5.56 Å². The SMILES string of the molecule is CC(=O)c1c(C)[nH]c(C(=O)CSc2nc3sc(C)c(C)c3c(=O)n2-c2ccccc2)c1C. The molecule has 6 nitrogen and oxygen atoms in total. The van der Waals surface area contributed by atoms with Gasteiger partial charge in [-0.05, 0) is 57.9 Å². The number of aryl methyl sites for hydroxylation is 3. The van der Waals surface area contributed by atoms with Crippen molar-refractivity contribution in [3.63, 3.8) is 0 Å². The van der Waals surface area contributed by atoms with E-state index in [1.54, 1.807) is 18.4 Å². The Hall–Kier alpha value is -2.97. The molecule has 0 radical (unpaired) electrons. The number of carbonyl (C=O) groups excluding carboxylic acids is 2. The number of thiophene rings is 1. The number of hydrogen-bond acceptors (Lipinski definition) is 6. The van der Waals surface area contributed by atoms with E-state index in [1.165, 1.54) is 30.0 Å². The number of H-pyrrole nitrogens is 1. The maximum atomic E-state index is 13.5. The Balaban J connectivity index is 1.76. The summed E-state index contributed by atoms with van der Waals surface area (Å²) < 4.78 is 1.58. The predicted octanol–water partition coefficient (Wildman–Crippen LogP) is 5.19. The summed E-state index contributed by atoms with van der Waals surface area (Å²) in [5.41, 5.74) is 3.85. The van der Waals surface area contributed by atoms with Crippen molar-refractivity contribution < 1.29 is 9.59 Å². The van der Waals surface area contributed by atoms with E-state index < -0.39 is 0 Å². The number of aromatic amines is 1. The van der Waals surface area contributed by atoms with E-state index in [0.717, 1.165) is 10.4 Å². The highest BCUT2D eigenvalue weighted by Gasteiger charge is 2.22. The van der Waals surface area contributed by atoms with E-state index in [4.69, 9.17) is 4.98 Å². The molecule has 8 heteroatoms. The van der Waals surface area contributed by atoms with Crippen LogP contribution in [-0.2, 0) is 0 Å². The largest absolute Gasteiger partial charge is 0.355 e. The number of benzene rings is 1. The number of nitrogens with one attached hydrogen (secondary N) is 1. The van der Waals surface area contributed by atoms with Crippen molar-refractivity contribution in [2.45, 2.75) is 39.8 Å². The molecule has 3 aromatic heterocycles. The van der Waals surface area contributed by atoms with Crippen LogP contribution >= 0.6 is 23.1 Å². The molecule has 0 spiro atoms. The molecule has 3 heterocycles. The van der Waals surface area contributed by atoms with Crippen LogP contribution in [0, 0.1) is 27.7 Å². The van der Waals surface area contributed by atoms with Crippen LogP contribution in [0.2, 0.25) is 0 Å². The molecule has 0 aliphatic heterocycles. The van der Waals surface area contributed by atoms with Gasteiger partial charge in [0.1, 0.15) is 4.83 Å². The number of ketones is 2. The molecule has 0 fully saturated rings. The van der Waals surface area contributed by atoms with Crippen molar-refractivity contribution in [1.82, 2.24) is 14.5 Å². The molecule has 0 unspecified atom stereocenters. The van der Waals surface area contributed by atoms with Gasteiger partial charge >= 0.3 is 0 Å². The van der Waals surface area contributed by atoms with Gasteiger partial charge in [0, 0.05) is 16.1 Å². The molecule has 0 bridgehead atoms. The summed E-state index contributed by atoms with van der Waals surface area (Å²) in [6, 6.07) is 9.33. The predicted molar refractivity (Wildman–Crippen MR) is 130 cm³/mol. The Labute approximate surface area is 193 Å². The van der Waals surface area contributed by atoms with E-state index in [-0.39, 0.29) is 22.9 Å². The summed E-state index contributed by atoms with van der Waals surface area (Å²) >= 11 is 2.71. The third kappa shape index (κ3) is 3.73. The minimum atomic E-state index is -0.143. The Morgan fingerprint density at radius 1 is 1.09 bits per heavy atom. The van der Waals surface area contributed by atoms with Gasteiger partial charge in [-0.15, -0.1) is 11.3 Å². The molecule has 1 aromatic carbocycles. The first-order valence-corrected chi connectivity index (χ1v) is 11.9. The number of thioether (sulfide) groups is 1. The number of hydrogen-bond donors (Lipinski definition) is 1. The van der Waals surface area contributed by atoms with Crippen molar-refractivity contribution in [3.8, 4) is 5.69 Å². The van der Waals surface area contributed by atoms with Crippen LogP contribution in [0.1, 0.15) is 49.5 Å². The van der Waals surface area contributed by atoms with Crippen LogP contribution in [0.25, 0.3) is 15.9 Å². The molecule has 164 valence electrons. The Bertz CT molecular complexity index is 1430. The Morgan fingerprint density at radius 2 is 1.78 bits per heavy atom. The van der Waals surface area contributed by atoms with Gasteiger partial charge < -0.3 is 4.98 Å². The number of para-hydroxylation sites is 1. The maximum Gasteiger partial charge on any atom is 0.267 e. The lowest BCUT2D eigenvalue weighted by atomic mass is 10.1. The zero-order valence-corrected chi connectivity index (χ0v) is 20.2. The number of fused-ring (bicyclic) bond motifs is 1. The minimum absolute atomic E-state index is 0.0728. The molecule has 4 aromatic rings. The molecule has 0 atom stereocenters. The maximum absolute atomic E-state index is 13.5. The van der Waals surface area contributed by atoms with Gasteiger partial charge in [-0.1, -0.05) is 30.0 Å². The summed E-state index contributed by atoms with van der Waals surface area (Å²) in [6.07, 6.45) is 0. The Kier molecular flexibility index (Phi) is 5.92. The second-order valence-corrected chi connectivity index (χ2v) is 9.87. The lowest BCUT2D eigenvalue weighted by Gasteiger charge is -2.12. The molecular formula is C24H23N3O3S2. The van der Waals surface area contributed by atoms with Crippen molar-refractivity contribution >= 4 is 44.9 Å². The molecule has 0 aliphatic carbocycles. The monoisotopic (exact) mass is 465 g/mol. The molecule has 1 N–H and O–H groups in total. The van der Waals surface area contributed by atoms with Gasteiger partial charge in [0.15, 0.2) is 16.7 Å². The first kappa shape index (κ1) is 22.2. The van der Waals surface area contributed by atoms with Crippen molar-refractivity contribution in [2.24, 2.45) is 0 Å². The van der Waals surface area contributed by atoms with Gasteiger partial charge in [0.2, 0.25) is 0 Å². The fourth-order valence-electron chi connectivity index (χ4n) is 3.94. The highest BCUT2D eigenvalue weighted by atomic mass is 32.2. The van der Waals surface area contributed by atoms with E-state index in [1.807, 2.05) is 44.2 Å². The third-order valence-corrected chi connectivity index (χ3v) is 7.63. The lowest BCUT2D eigenvalue weighted by molar-refractivity contribution is 0.101. The van der Waals surface area contributed by atoms with Crippen LogP contribution < -0.4 is 5.56 Å². The molecule has 32 heavy (non-hydrogen) atoms. The number of carbonyl (C=O) groups is 2. The third-order valence-electron chi connectivity index (χ3n) is 5.59. The molecule has 0 aliphatic rings. The van der Waals surface area contributed by atoms with Crippen LogP contribution in [0.5, 0.6) is 0 Å². The van der Waals surface area contributed by atoms with Crippen LogP contribution in [-0.4, -0.2) is 31.9 Å².